The van der Waals surface area contributed by atoms with Gasteiger partial charge in [-0.05, 0) is 116 Å². The molecule has 41 nitrogen and oxygen atoms in total. The van der Waals surface area contributed by atoms with Gasteiger partial charge in [-0.3, -0.25) is 63.1 Å². The van der Waals surface area contributed by atoms with Crippen molar-refractivity contribution < 1.29 is 133 Å². The predicted molar refractivity (Wildman–Crippen MR) is 407 cm³/mol. The molecular formula is C74H104N14O27. The van der Waals surface area contributed by atoms with Gasteiger partial charge in [0, 0.05) is 103 Å². The van der Waals surface area contributed by atoms with E-state index in [0.717, 1.165) is 10.8 Å². The average molecular weight is 1620 g/mol. The number of nitrogens with zero attached hydrogens (tertiary/aromatic N) is 2. The number of rotatable bonds is 59. The first-order valence-electron chi connectivity index (χ1n) is 36.9. The molecule has 0 heterocycles. The molecule has 0 aromatic heterocycles. The highest BCUT2D eigenvalue weighted by molar-refractivity contribution is 5.93. The number of phenolic OH excluding ortho intramolecular Hbond substituents is 1. The number of urea groups is 1. The van der Waals surface area contributed by atoms with Gasteiger partial charge in [0.2, 0.25) is 35.4 Å². The van der Waals surface area contributed by atoms with Crippen LogP contribution in [0.25, 0.3) is 10.8 Å². The number of amides is 8. The fraction of sp³-hybridized carbons (Fsp3) is 0.500. The maximum absolute atomic E-state index is 15.0. The summed E-state index contributed by atoms with van der Waals surface area (Å²) in [6.07, 6.45) is -7.91. The molecule has 4 unspecified atom stereocenters. The van der Waals surface area contributed by atoms with Crippen LogP contribution in [0.1, 0.15) is 100 Å². The van der Waals surface area contributed by atoms with E-state index in [-0.39, 0.29) is 142 Å². The van der Waals surface area contributed by atoms with Crippen molar-refractivity contribution in [2.75, 3.05) is 77.7 Å². The van der Waals surface area contributed by atoms with Crippen LogP contribution in [-0.2, 0) is 86.4 Å². The molecule has 41 heteroatoms. The third-order valence-electron chi connectivity index (χ3n) is 17.9. The standard InChI is InChI=1S/C74H104N14O27/c75-48-16-11-43(12-17-48)37-55(81-61(93)23-20-50(69(105)106)77-31-33-88(42-65(100)101)35-34-87(41-64(98)99)32-30-76-40-63(96)97)66(102)83-56(38-44-13-18-49(89)19-14-44)68(104)84-57(39-45-10-15-46-6-1-2-7-47(46)36-45)67(103)82-52(71(109)110)8-3-4-28-78-58(90)25-26-59(91)79-29-5-9-51(70(107)108)80-60(92)24-21-53(72(111)112)85-74(115)86-54(73(113)114)22-27-62(94)95/h1-2,6-7,10-19,36,50-57,64,66,76-77,83,89,98-99,102H,3-5,8-9,20-35,37-42,75H2,(H,78,90)(H,79,91)(H,80,92)(H,81,93)(H,82,103)(H,84,104)(H,94,95)(H,96,97)(H,100,101)(H,105,106)(H,107,108)(H,109,110)(H,111,112)(H,113,114)(H2,85,86,115)/t50?,51?,52-,53+,54+,55?,56-,57-,66?/m1/s1. The lowest BCUT2D eigenvalue weighted by molar-refractivity contribution is -0.143. The molecule has 0 saturated carbocycles. The molecule has 632 valence electrons. The number of carbonyl (C=O) groups excluding carboxylic acids is 7. The zero-order valence-corrected chi connectivity index (χ0v) is 63.0. The van der Waals surface area contributed by atoms with Gasteiger partial charge in [0.15, 0.2) is 6.29 Å². The van der Waals surface area contributed by atoms with Crippen molar-refractivity contribution in [1.29, 1.82) is 0 Å². The number of hydrogen-bond acceptors (Lipinski definition) is 25. The van der Waals surface area contributed by atoms with Gasteiger partial charge in [0.25, 0.3) is 0 Å². The van der Waals surface area contributed by atoms with Gasteiger partial charge in [-0.15, -0.1) is 0 Å². The third-order valence-corrected chi connectivity index (χ3v) is 17.9. The van der Waals surface area contributed by atoms with E-state index >= 15 is 0 Å². The van der Waals surface area contributed by atoms with Crippen LogP contribution in [0.15, 0.2) is 91.0 Å². The highest BCUT2D eigenvalue weighted by Gasteiger charge is 2.34. The normalized spacial score (nSPS) is 13.6. The second kappa shape index (κ2) is 51.1. The van der Waals surface area contributed by atoms with Gasteiger partial charge >= 0.3 is 53.8 Å². The van der Waals surface area contributed by atoms with Crippen molar-refractivity contribution in [3.8, 4) is 5.75 Å². The molecule has 0 saturated heterocycles. The fourth-order valence-corrected chi connectivity index (χ4v) is 11.7. The first-order valence-corrected chi connectivity index (χ1v) is 36.9. The van der Waals surface area contributed by atoms with E-state index in [2.05, 4.69) is 47.9 Å². The molecule has 8 amide bonds. The van der Waals surface area contributed by atoms with Crippen molar-refractivity contribution in [2.24, 2.45) is 0 Å². The van der Waals surface area contributed by atoms with Crippen LogP contribution in [0.4, 0.5) is 10.5 Å². The summed E-state index contributed by atoms with van der Waals surface area (Å²) >= 11 is 0. The Morgan fingerprint density at radius 3 is 1.47 bits per heavy atom. The molecule has 0 fully saturated rings. The van der Waals surface area contributed by atoms with Gasteiger partial charge in [0.05, 0.1) is 25.2 Å². The Kier molecular flexibility index (Phi) is 42.5. The number of aliphatic hydroxyl groups is 3. The van der Waals surface area contributed by atoms with E-state index in [1.165, 1.54) is 29.2 Å². The maximum atomic E-state index is 15.0. The number of aromatic hydroxyl groups is 1. The number of aliphatic carboxylic acids is 8. The number of nitrogens with two attached hydrogens (primary N) is 1. The van der Waals surface area contributed by atoms with Crippen LogP contribution in [0, 0.1) is 0 Å². The lowest BCUT2D eigenvalue weighted by Crippen LogP contribution is -2.60. The van der Waals surface area contributed by atoms with E-state index in [0.29, 0.717) is 22.4 Å². The number of nitrogen functional groups attached to an aromatic ring is 1. The Hall–Kier alpha value is -11.7. The number of fused-ring (bicyclic) bond motifs is 1. The summed E-state index contributed by atoms with van der Waals surface area (Å²) in [5.74, 6) is -16.0. The number of aliphatic hydroxyl groups excluding tert-OH is 2. The lowest BCUT2D eigenvalue weighted by Gasteiger charge is -2.30. The summed E-state index contributed by atoms with van der Waals surface area (Å²) in [6.45, 7) is -0.795. The zero-order valence-electron chi connectivity index (χ0n) is 63.0. The maximum Gasteiger partial charge on any atom is 0.326 e. The third kappa shape index (κ3) is 39.5. The van der Waals surface area contributed by atoms with E-state index in [4.69, 9.17) is 15.9 Å². The minimum Gasteiger partial charge on any atom is -0.508 e. The minimum atomic E-state index is -1.81. The highest BCUT2D eigenvalue weighted by Crippen LogP contribution is 2.20. The number of nitrogens with one attached hydrogen (secondary N) is 11. The van der Waals surface area contributed by atoms with E-state index in [9.17, 15) is 123 Å². The fourth-order valence-electron chi connectivity index (χ4n) is 11.7. The van der Waals surface area contributed by atoms with E-state index < -0.39 is 189 Å². The van der Waals surface area contributed by atoms with Crippen LogP contribution in [0.3, 0.4) is 0 Å². The molecule has 0 aliphatic carbocycles. The predicted octanol–water partition coefficient (Wildman–Crippen LogP) is -3.15. The molecule has 0 bridgehead atoms. The summed E-state index contributed by atoms with van der Waals surface area (Å²) in [6, 6.07) is 11.2. The van der Waals surface area contributed by atoms with Gasteiger partial charge in [-0.1, -0.05) is 66.7 Å². The summed E-state index contributed by atoms with van der Waals surface area (Å²) in [5, 5.41) is 148. The van der Waals surface area contributed by atoms with Crippen LogP contribution in [0.2, 0.25) is 0 Å². The summed E-state index contributed by atoms with van der Waals surface area (Å²) < 4.78 is 0. The quantitative estimate of drug-likeness (QED) is 0.0118. The zero-order chi connectivity index (χ0) is 85.1. The molecule has 115 heavy (non-hydrogen) atoms. The van der Waals surface area contributed by atoms with Crippen molar-refractivity contribution in [3.05, 3.63) is 108 Å². The van der Waals surface area contributed by atoms with E-state index in [1.807, 2.05) is 28.8 Å². The largest absolute Gasteiger partial charge is 0.508 e. The van der Waals surface area contributed by atoms with Crippen molar-refractivity contribution >= 4 is 106 Å². The average Bonchev–Trinajstić information content (AvgIpc) is 0.832. The van der Waals surface area contributed by atoms with Gasteiger partial charge in [-0.2, -0.15) is 0 Å². The number of hydrogen-bond donors (Lipinski definition) is 24. The monoisotopic (exact) mass is 1620 g/mol. The number of unbranched alkanes of at least 4 members (excludes halogenated alkanes) is 1. The lowest BCUT2D eigenvalue weighted by atomic mass is 9.99. The Morgan fingerprint density at radius 1 is 0.400 bits per heavy atom. The number of phenols is 1. The summed E-state index contributed by atoms with van der Waals surface area (Å²) in [4.78, 5) is 191. The molecule has 4 rings (SSSR count). The highest BCUT2D eigenvalue weighted by atomic mass is 16.5. The molecule has 4 aromatic rings. The number of benzene rings is 4. The minimum absolute atomic E-state index is 0.00551. The van der Waals surface area contributed by atoms with Crippen molar-refractivity contribution in [3.63, 3.8) is 0 Å². The SMILES string of the molecule is Nc1ccc(CC(NC(=O)CCC(NCCN(CCN(CCNCC(=O)O)CC(O)O)CC(=O)O)C(=O)O)C(O)N[C@H](Cc2ccc(O)cc2)C(=O)N[C@H](Cc2ccc3ccccc3c2)C(=O)N[C@H](CCCCNC(=O)CCC(=O)NCCCC(NC(=O)CC[C@H](NC(=O)N[C@@H](CCC(=O)O)C(=O)O)C(=O)O)C(=O)O)C(=O)O)cc1. The van der Waals surface area contributed by atoms with Crippen LogP contribution >= 0.6 is 0 Å². The number of carboxylic acids is 8. The molecule has 0 spiro atoms. The number of carbonyl (C=O) groups is 15. The first-order chi connectivity index (χ1) is 54.5. The van der Waals surface area contributed by atoms with Crippen LogP contribution < -0.4 is 64.2 Å². The number of anilines is 1. The molecular weight excluding hydrogens is 1520 g/mol. The molecule has 0 radical (unpaired) electrons. The summed E-state index contributed by atoms with van der Waals surface area (Å²) in [7, 11) is 0. The molecule has 25 N–H and O–H groups in total. The Morgan fingerprint density at radius 2 is 0.887 bits per heavy atom. The molecule has 9 atom stereocenters. The second-order valence-electron chi connectivity index (χ2n) is 27.1. The molecule has 0 aliphatic rings. The Balaban J connectivity index is 1.39. The van der Waals surface area contributed by atoms with Gasteiger partial charge < -0.3 is 120 Å². The smallest absolute Gasteiger partial charge is 0.326 e. The van der Waals surface area contributed by atoms with Gasteiger partial charge in [-0.25, -0.2) is 24.0 Å². The van der Waals surface area contributed by atoms with Crippen molar-refractivity contribution in [2.45, 2.75) is 164 Å². The van der Waals surface area contributed by atoms with Crippen LogP contribution in [-0.4, -0.2) is 293 Å². The topological polar surface area (TPSA) is 664 Å². The summed E-state index contributed by atoms with van der Waals surface area (Å²) in [5.41, 5.74) is 7.86. The Bertz CT molecular complexity index is 3890. The van der Waals surface area contributed by atoms with Crippen LogP contribution in [0.5, 0.6) is 5.75 Å². The van der Waals surface area contributed by atoms with Gasteiger partial charge in [0.1, 0.15) is 48.2 Å². The van der Waals surface area contributed by atoms with Crippen molar-refractivity contribution in [1.82, 2.24) is 68.3 Å². The Labute approximate surface area is 659 Å². The molecule has 0 aliphatic heterocycles. The molecule has 4 aromatic carbocycles. The number of carboxylic acid groups (broad SMARTS) is 8. The van der Waals surface area contributed by atoms with E-state index in [1.54, 1.807) is 53.4 Å². The second-order valence-corrected chi connectivity index (χ2v) is 27.1. The first kappa shape index (κ1) is 95.6.